The normalized spacial score (nSPS) is 24.9. The van der Waals surface area contributed by atoms with Gasteiger partial charge in [0.1, 0.15) is 0 Å². The first-order valence-corrected chi connectivity index (χ1v) is 29.4. The van der Waals surface area contributed by atoms with E-state index in [1.54, 1.807) is 16.7 Å². The Hall–Kier alpha value is -5.48. The summed E-state index contributed by atoms with van der Waals surface area (Å²) in [5.74, 6) is 0. The van der Waals surface area contributed by atoms with Crippen LogP contribution in [0, 0.1) is 0 Å². The minimum Gasteiger partial charge on any atom is -0.335 e. The summed E-state index contributed by atoms with van der Waals surface area (Å²) in [6.07, 6.45) is 8.38. The molecule has 76 heavy (non-hydrogen) atoms. The van der Waals surface area contributed by atoms with Crippen molar-refractivity contribution >= 4 is 62.9 Å². The minimum atomic E-state index is -0.307. The lowest BCUT2D eigenvalue weighted by molar-refractivity contribution is 0.194. The summed E-state index contributed by atoms with van der Waals surface area (Å²) >= 11 is 0. The molecular weight excluding hydrogens is 918 g/mol. The summed E-state index contributed by atoms with van der Waals surface area (Å²) < 4.78 is 0. The Morgan fingerprint density at radius 3 is 1.63 bits per heavy atom. The molecular formula is C72H86BN3. The lowest BCUT2D eigenvalue weighted by Gasteiger charge is -2.53. The molecule has 7 aliphatic rings. The monoisotopic (exact) mass is 1000 g/mol. The molecule has 0 aromatic heterocycles. The third-order valence-electron chi connectivity index (χ3n) is 21.4. The van der Waals surface area contributed by atoms with Crippen molar-refractivity contribution in [1.82, 2.24) is 0 Å². The molecule has 4 bridgehead atoms. The molecule has 1 saturated carbocycles. The Bertz CT molecular complexity index is 3420. The zero-order chi connectivity index (χ0) is 54.0. The lowest BCUT2D eigenvalue weighted by atomic mass is 9.32. The van der Waals surface area contributed by atoms with Gasteiger partial charge >= 0.3 is 0 Å². The van der Waals surface area contributed by atoms with Gasteiger partial charge in [0.15, 0.2) is 0 Å². The van der Waals surface area contributed by atoms with Crippen LogP contribution in [-0.4, -0.2) is 12.3 Å². The van der Waals surface area contributed by atoms with E-state index >= 15 is 0 Å². The highest BCUT2D eigenvalue weighted by Crippen LogP contribution is 2.66. The van der Waals surface area contributed by atoms with Crippen LogP contribution in [0.1, 0.15) is 220 Å². The van der Waals surface area contributed by atoms with E-state index in [9.17, 15) is 0 Å². The summed E-state index contributed by atoms with van der Waals surface area (Å²) in [5, 5.41) is 0. The smallest absolute Gasteiger partial charge is 0.252 e. The molecule has 4 heteroatoms. The molecule has 4 heterocycles. The first-order valence-electron chi connectivity index (χ1n) is 29.4. The van der Waals surface area contributed by atoms with Crippen molar-refractivity contribution in [3.63, 3.8) is 0 Å². The summed E-state index contributed by atoms with van der Waals surface area (Å²) in [5.41, 5.74) is 28.0. The van der Waals surface area contributed by atoms with Crippen LogP contribution >= 0.6 is 0 Å². The number of anilines is 7. The number of hydrogen-bond donors (Lipinski definition) is 0. The minimum absolute atomic E-state index is 0.0268. The van der Waals surface area contributed by atoms with Gasteiger partial charge in [0.25, 0.3) is 6.71 Å². The Kier molecular flexibility index (Phi) is 10.2. The number of nitrogens with zero attached hydrogens (tertiary/aromatic N) is 3. The molecule has 4 aliphatic heterocycles. The average Bonchev–Trinajstić information content (AvgIpc) is 3.74. The topological polar surface area (TPSA) is 9.72 Å². The van der Waals surface area contributed by atoms with Crippen LogP contribution in [0.3, 0.4) is 0 Å². The van der Waals surface area contributed by atoms with Crippen LogP contribution in [0.4, 0.5) is 39.8 Å². The molecule has 3 nitrogen and oxygen atoms in total. The van der Waals surface area contributed by atoms with E-state index in [-0.39, 0.29) is 55.6 Å². The van der Waals surface area contributed by atoms with Gasteiger partial charge in [-0.2, -0.15) is 0 Å². The molecule has 6 aromatic rings. The van der Waals surface area contributed by atoms with Gasteiger partial charge < -0.3 is 14.7 Å². The van der Waals surface area contributed by atoms with E-state index in [1.165, 1.54) is 127 Å². The van der Waals surface area contributed by atoms with E-state index in [0.717, 1.165) is 12.8 Å². The largest absolute Gasteiger partial charge is 0.335 e. The van der Waals surface area contributed by atoms with Crippen molar-refractivity contribution in [3.8, 4) is 0 Å². The maximum absolute atomic E-state index is 2.97. The Morgan fingerprint density at radius 1 is 0.500 bits per heavy atom. The van der Waals surface area contributed by atoms with Crippen molar-refractivity contribution in [3.05, 3.63) is 165 Å². The molecule has 3 atom stereocenters. The second kappa shape index (κ2) is 15.4. The summed E-state index contributed by atoms with van der Waals surface area (Å²) in [6.45, 7) is 44.5. The summed E-state index contributed by atoms with van der Waals surface area (Å²) in [6, 6.07) is 45.2. The molecule has 6 aromatic carbocycles. The van der Waals surface area contributed by atoms with Crippen LogP contribution in [0.15, 0.2) is 115 Å². The maximum atomic E-state index is 2.97. The van der Waals surface area contributed by atoms with Gasteiger partial charge in [-0.1, -0.05) is 191 Å². The molecule has 0 saturated heterocycles. The van der Waals surface area contributed by atoms with Crippen LogP contribution in [0.5, 0.6) is 0 Å². The molecule has 0 spiro atoms. The van der Waals surface area contributed by atoms with Crippen LogP contribution < -0.4 is 25.6 Å². The number of hydrogen-bond acceptors (Lipinski definition) is 3. The van der Waals surface area contributed by atoms with Gasteiger partial charge in [-0.15, -0.1) is 0 Å². The SMILES string of the molecule is CC(C)(C)c1ccc(N2C3=C4B5c6cc(cc7c6N(c6cc(N(c8ccc(C(C)(C)C)cc8)c8ccc(C(C)(C)C)cc8)cc2c65)C2(C)CCCCC72C)C(C)(C)CC2(C)CCC(C)(C)c5cc(c4cc52)C3(C)C)cc1. The number of allylic oxidation sites excluding steroid dienone is 1. The highest BCUT2D eigenvalue weighted by molar-refractivity contribution is 7.03. The van der Waals surface area contributed by atoms with Crippen molar-refractivity contribution in [1.29, 1.82) is 0 Å². The number of benzene rings is 6. The van der Waals surface area contributed by atoms with E-state index in [1.807, 2.05) is 0 Å². The average molecular weight is 1000 g/mol. The zero-order valence-corrected chi connectivity index (χ0v) is 49.8. The molecule has 0 amide bonds. The van der Waals surface area contributed by atoms with Crippen molar-refractivity contribution < 1.29 is 0 Å². The Morgan fingerprint density at radius 2 is 1.05 bits per heavy atom. The third kappa shape index (κ3) is 6.73. The van der Waals surface area contributed by atoms with E-state index < -0.39 is 0 Å². The van der Waals surface area contributed by atoms with Crippen molar-refractivity contribution in [2.45, 2.75) is 218 Å². The van der Waals surface area contributed by atoms with Gasteiger partial charge in [-0.25, -0.2) is 0 Å². The van der Waals surface area contributed by atoms with Crippen LogP contribution in [0.2, 0.25) is 0 Å². The van der Waals surface area contributed by atoms with Crippen molar-refractivity contribution in [2.24, 2.45) is 0 Å². The number of fused-ring (bicyclic) bond motifs is 5. The Balaban J connectivity index is 1.19. The predicted octanol–water partition coefficient (Wildman–Crippen LogP) is 18.1. The summed E-state index contributed by atoms with van der Waals surface area (Å²) in [4.78, 5) is 8.35. The van der Waals surface area contributed by atoms with Crippen LogP contribution in [-0.2, 0) is 43.3 Å². The molecule has 3 aliphatic carbocycles. The first-order chi connectivity index (χ1) is 35.4. The molecule has 0 N–H and O–H groups in total. The Labute approximate surface area is 458 Å². The molecule has 3 unspecified atom stereocenters. The highest BCUT2D eigenvalue weighted by atomic mass is 15.3. The second-order valence-corrected chi connectivity index (χ2v) is 30.8. The molecule has 0 radical (unpaired) electrons. The van der Waals surface area contributed by atoms with Gasteiger partial charge in [-0.05, 0) is 187 Å². The fourth-order valence-corrected chi connectivity index (χ4v) is 16.7. The van der Waals surface area contributed by atoms with E-state index in [0.29, 0.717) is 0 Å². The van der Waals surface area contributed by atoms with Crippen molar-refractivity contribution in [2.75, 3.05) is 14.7 Å². The molecule has 1 fully saturated rings. The number of rotatable bonds is 4. The first kappa shape index (κ1) is 50.1. The molecule has 13 rings (SSSR count). The lowest BCUT2D eigenvalue weighted by Crippen LogP contribution is -2.61. The fourth-order valence-electron chi connectivity index (χ4n) is 16.7. The highest BCUT2D eigenvalue weighted by Gasteiger charge is 2.63. The standard InChI is InChI=1S/C72H86BN3/c1-64(2,3)44-21-27-48(28-22-44)74(49-29-23-45(24-30-49)65(4,5)6)51-39-58-61-59(40-51)76-62-56(71(17)33-19-20-34-72(71,76)18)37-47-38-57(62)73(61)60-52-41-55-54(67(10,11)35-36-70(55,16)43-68(47,12)13)42-53(52)69(14,15)63(60)75(58)50-31-25-46(26-32-50)66(7,8)9/h21-32,37-42H,19-20,33-36,43H2,1-18H3. The predicted molar refractivity (Wildman–Crippen MR) is 327 cm³/mol. The van der Waals surface area contributed by atoms with Gasteiger partial charge in [0, 0.05) is 50.7 Å². The maximum Gasteiger partial charge on any atom is 0.252 e. The quantitative estimate of drug-likeness (QED) is 0.163. The van der Waals surface area contributed by atoms with E-state index in [4.69, 9.17) is 0 Å². The summed E-state index contributed by atoms with van der Waals surface area (Å²) in [7, 11) is 0. The van der Waals surface area contributed by atoms with Gasteiger partial charge in [-0.3, -0.25) is 0 Å². The fraction of sp³-hybridized carbons (Fsp3) is 0.472. The van der Waals surface area contributed by atoms with Gasteiger partial charge in [0.05, 0.1) is 11.2 Å². The third-order valence-corrected chi connectivity index (χ3v) is 21.4. The molecule has 392 valence electrons. The van der Waals surface area contributed by atoms with Crippen LogP contribution in [0.25, 0.3) is 5.47 Å². The van der Waals surface area contributed by atoms with E-state index in [2.05, 4.69) is 249 Å². The zero-order valence-electron chi connectivity index (χ0n) is 49.8. The second-order valence-electron chi connectivity index (χ2n) is 30.8. The van der Waals surface area contributed by atoms with Gasteiger partial charge in [0.2, 0.25) is 0 Å².